The van der Waals surface area contributed by atoms with Crippen LogP contribution in [0, 0.1) is 5.82 Å². The van der Waals surface area contributed by atoms with Gasteiger partial charge >= 0.3 is 6.03 Å². The molecule has 0 aliphatic heterocycles. The van der Waals surface area contributed by atoms with E-state index < -0.39 is 0 Å². The first-order valence-electron chi connectivity index (χ1n) is 5.43. The Morgan fingerprint density at radius 3 is 2.68 bits per heavy atom. The van der Waals surface area contributed by atoms with Gasteiger partial charge in [0, 0.05) is 18.1 Å². The molecule has 0 radical (unpaired) electrons. The zero-order valence-electron chi connectivity index (χ0n) is 9.93. The predicted molar refractivity (Wildman–Crippen MR) is 76.5 cm³/mol. The number of aromatic nitrogens is 1. The van der Waals surface area contributed by atoms with E-state index in [0.717, 1.165) is 5.56 Å². The van der Waals surface area contributed by atoms with Crippen molar-refractivity contribution in [1.29, 1.82) is 0 Å². The monoisotopic (exact) mass is 301 g/mol. The van der Waals surface area contributed by atoms with Crippen molar-refractivity contribution in [1.82, 2.24) is 10.3 Å². The van der Waals surface area contributed by atoms with E-state index in [4.69, 9.17) is 0 Å². The maximum Gasteiger partial charge on any atom is 0.321 e. The normalized spacial score (nSPS) is 9.53. The Kier molecular flexibility index (Phi) is 6.24. The number of carbonyl (C=O) groups excluding carboxylic acids is 1. The first-order valence-corrected chi connectivity index (χ1v) is 6.31. The first kappa shape index (κ1) is 15.4. The number of rotatable bonds is 4. The molecule has 0 fully saturated rings. The minimum absolute atomic E-state index is 0. The number of nitrogens with one attached hydrogen (secondary N) is 2. The fourth-order valence-corrected chi connectivity index (χ4v) is 1.92. The van der Waals surface area contributed by atoms with E-state index >= 15 is 0 Å². The molecule has 0 unspecified atom stereocenters. The van der Waals surface area contributed by atoms with Gasteiger partial charge < -0.3 is 5.32 Å². The van der Waals surface area contributed by atoms with Gasteiger partial charge in [0.15, 0.2) is 5.13 Å². The van der Waals surface area contributed by atoms with Crippen LogP contribution in [0.2, 0.25) is 0 Å². The largest absolute Gasteiger partial charge is 0.337 e. The standard InChI is InChI=1S/C12H12FN3OS.ClH/c13-10-3-1-9(2-4-10)5-6-14-11(17)16-12-15-7-8-18-12;/h1-4,7-8H,5-6H2,(H2,14,15,16,17);1H. The summed E-state index contributed by atoms with van der Waals surface area (Å²) in [6.45, 7) is 0.489. The van der Waals surface area contributed by atoms with E-state index in [9.17, 15) is 9.18 Å². The van der Waals surface area contributed by atoms with Gasteiger partial charge in [-0.15, -0.1) is 23.7 Å². The number of hydrogen-bond acceptors (Lipinski definition) is 3. The molecule has 7 heteroatoms. The highest BCUT2D eigenvalue weighted by Gasteiger charge is 2.02. The lowest BCUT2D eigenvalue weighted by Gasteiger charge is -2.05. The SMILES string of the molecule is Cl.O=C(NCCc1ccc(F)cc1)Nc1nccs1. The number of benzene rings is 1. The number of anilines is 1. The van der Waals surface area contributed by atoms with Gasteiger partial charge in [0.05, 0.1) is 0 Å². The van der Waals surface area contributed by atoms with Crippen LogP contribution in [0.1, 0.15) is 5.56 Å². The van der Waals surface area contributed by atoms with Crippen molar-refractivity contribution >= 4 is 34.9 Å². The molecule has 0 atom stereocenters. The van der Waals surface area contributed by atoms with E-state index in [0.29, 0.717) is 18.1 Å². The lowest BCUT2D eigenvalue weighted by molar-refractivity contribution is 0.252. The minimum atomic E-state index is -0.285. The number of halogens is 2. The molecule has 1 aromatic heterocycles. The number of thiazole rings is 1. The molecule has 2 N–H and O–H groups in total. The number of amides is 2. The Morgan fingerprint density at radius 1 is 1.32 bits per heavy atom. The highest BCUT2D eigenvalue weighted by molar-refractivity contribution is 7.13. The summed E-state index contributed by atoms with van der Waals surface area (Å²) >= 11 is 1.36. The Balaban J connectivity index is 0.00000180. The van der Waals surface area contributed by atoms with Gasteiger partial charge in [-0.1, -0.05) is 12.1 Å². The summed E-state index contributed by atoms with van der Waals surface area (Å²) < 4.78 is 12.7. The third-order valence-corrected chi connectivity index (χ3v) is 2.95. The molecule has 0 spiro atoms. The average Bonchev–Trinajstić information content (AvgIpc) is 2.84. The van der Waals surface area contributed by atoms with Crippen LogP contribution in [0.4, 0.5) is 14.3 Å². The first-order chi connectivity index (χ1) is 8.74. The number of urea groups is 1. The van der Waals surface area contributed by atoms with Crippen molar-refractivity contribution in [2.24, 2.45) is 0 Å². The second kappa shape index (κ2) is 7.70. The number of hydrogen-bond donors (Lipinski definition) is 2. The van der Waals surface area contributed by atoms with Gasteiger partial charge in [0.2, 0.25) is 0 Å². The van der Waals surface area contributed by atoms with E-state index in [1.54, 1.807) is 23.7 Å². The number of nitrogens with zero attached hydrogens (tertiary/aromatic N) is 1. The van der Waals surface area contributed by atoms with Gasteiger partial charge in [0.25, 0.3) is 0 Å². The molecule has 0 aliphatic carbocycles. The van der Waals surface area contributed by atoms with Crippen molar-refractivity contribution in [3.8, 4) is 0 Å². The molecule has 0 aliphatic rings. The topological polar surface area (TPSA) is 54.0 Å². The molecular formula is C12H13ClFN3OS. The molecule has 102 valence electrons. The lowest BCUT2D eigenvalue weighted by atomic mass is 10.1. The summed E-state index contributed by atoms with van der Waals surface area (Å²) in [5.41, 5.74) is 0.978. The third-order valence-electron chi connectivity index (χ3n) is 2.27. The molecular weight excluding hydrogens is 289 g/mol. The molecule has 0 saturated heterocycles. The Hall–Kier alpha value is -1.66. The van der Waals surface area contributed by atoms with E-state index in [2.05, 4.69) is 15.6 Å². The fourth-order valence-electron chi connectivity index (χ4n) is 1.40. The van der Waals surface area contributed by atoms with E-state index in [1.165, 1.54) is 23.5 Å². The van der Waals surface area contributed by atoms with Crippen molar-refractivity contribution in [3.63, 3.8) is 0 Å². The molecule has 0 bridgehead atoms. The van der Waals surface area contributed by atoms with Crippen LogP contribution in [0.3, 0.4) is 0 Å². The summed E-state index contributed by atoms with van der Waals surface area (Å²) in [4.78, 5) is 15.4. The van der Waals surface area contributed by atoms with Gasteiger partial charge in [-0.25, -0.2) is 14.2 Å². The van der Waals surface area contributed by atoms with Crippen LogP contribution in [0.5, 0.6) is 0 Å². The maximum absolute atomic E-state index is 12.7. The van der Waals surface area contributed by atoms with Crippen molar-refractivity contribution in [3.05, 3.63) is 47.2 Å². The molecule has 4 nitrogen and oxygen atoms in total. The van der Waals surface area contributed by atoms with Gasteiger partial charge in [-0.05, 0) is 24.1 Å². The van der Waals surface area contributed by atoms with Gasteiger partial charge in [0.1, 0.15) is 5.82 Å². The Bertz CT molecular complexity index is 504. The van der Waals surface area contributed by atoms with Crippen LogP contribution in [0.25, 0.3) is 0 Å². The summed E-state index contributed by atoms with van der Waals surface area (Å²) in [6.07, 6.45) is 2.28. The zero-order valence-corrected chi connectivity index (χ0v) is 11.6. The molecule has 2 rings (SSSR count). The molecule has 2 amide bonds. The highest BCUT2D eigenvalue weighted by Crippen LogP contribution is 2.09. The highest BCUT2D eigenvalue weighted by atomic mass is 35.5. The summed E-state index contributed by atoms with van der Waals surface area (Å²) in [7, 11) is 0. The van der Waals surface area contributed by atoms with Crippen LogP contribution >= 0.6 is 23.7 Å². The Morgan fingerprint density at radius 2 is 2.05 bits per heavy atom. The summed E-state index contributed by atoms with van der Waals surface area (Å²) in [5.74, 6) is -0.256. The number of carbonyl (C=O) groups is 1. The summed E-state index contributed by atoms with van der Waals surface area (Å²) in [5, 5.41) is 7.67. The smallest absolute Gasteiger partial charge is 0.321 e. The molecule has 19 heavy (non-hydrogen) atoms. The molecule has 1 aromatic carbocycles. The van der Waals surface area contributed by atoms with Gasteiger partial charge in [-0.3, -0.25) is 5.32 Å². The minimum Gasteiger partial charge on any atom is -0.337 e. The second-order valence-electron chi connectivity index (χ2n) is 3.59. The quantitative estimate of drug-likeness (QED) is 0.912. The third kappa shape index (κ3) is 5.23. The van der Waals surface area contributed by atoms with Crippen LogP contribution < -0.4 is 10.6 Å². The van der Waals surface area contributed by atoms with Crippen LogP contribution in [-0.4, -0.2) is 17.6 Å². The van der Waals surface area contributed by atoms with Crippen molar-refractivity contribution < 1.29 is 9.18 Å². The second-order valence-corrected chi connectivity index (χ2v) is 4.49. The van der Waals surface area contributed by atoms with Gasteiger partial charge in [-0.2, -0.15) is 0 Å². The molecule has 1 heterocycles. The van der Waals surface area contributed by atoms with E-state index in [1.807, 2.05) is 0 Å². The summed E-state index contributed by atoms with van der Waals surface area (Å²) in [6, 6.07) is 5.94. The predicted octanol–water partition coefficient (Wildman–Crippen LogP) is 3.07. The molecule has 0 saturated carbocycles. The maximum atomic E-state index is 12.7. The van der Waals surface area contributed by atoms with Crippen molar-refractivity contribution in [2.45, 2.75) is 6.42 Å². The zero-order chi connectivity index (χ0) is 12.8. The fraction of sp³-hybridized carbons (Fsp3) is 0.167. The molecule has 2 aromatic rings. The van der Waals surface area contributed by atoms with Crippen LogP contribution in [-0.2, 0) is 6.42 Å². The Labute approximate surface area is 120 Å². The van der Waals surface area contributed by atoms with Crippen LogP contribution in [0.15, 0.2) is 35.8 Å². The van der Waals surface area contributed by atoms with E-state index in [-0.39, 0.29) is 24.3 Å². The van der Waals surface area contributed by atoms with Crippen molar-refractivity contribution in [2.75, 3.05) is 11.9 Å². The lowest BCUT2D eigenvalue weighted by Crippen LogP contribution is -2.30. The average molecular weight is 302 g/mol.